The van der Waals surface area contributed by atoms with Crippen molar-refractivity contribution in [2.75, 3.05) is 13.2 Å². The Morgan fingerprint density at radius 3 is 2.83 bits per heavy atom. The highest BCUT2D eigenvalue weighted by atomic mass is 19.1. The van der Waals surface area contributed by atoms with Crippen molar-refractivity contribution in [3.05, 3.63) is 54.2 Å². The Balaban J connectivity index is 1.88. The van der Waals surface area contributed by atoms with Gasteiger partial charge in [0.05, 0.1) is 0 Å². The summed E-state index contributed by atoms with van der Waals surface area (Å²) >= 11 is 0. The van der Waals surface area contributed by atoms with Crippen molar-refractivity contribution in [3.63, 3.8) is 0 Å². The molecule has 0 atom stereocenters. The van der Waals surface area contributed by atoms with Gasteiger partial charge in [0, 0.05) is 36.1 Å². The van der Waals surface area contributed by atoms with E-state index in [-0.39, 0.29) is 5.82 Å². The van der Waals surface area contributed by atoms with Crippen molar-refractivity contribution in [1.82, 2.24) is 14.8 Å². The Bertz CT molecular complexity index is 873. The normalized spacial score (nSPS) is 13.9. The van der Waals surface area contributed by atoms with E-state index < -0.39 is 0 Å². The number of nitrogens with zero attached hydrogens (tertiary/aromatic N) is 3. The average Bonchev–Trinajstić information content (AvgIpc) is 2.81. The predicted octanol–water partition coefficient (Wildman–Crippen LogP) is 1.74. The van der Waals surface area contributed by atoms with Gasteiger partial charge in [-0.3, -0.25) is 9.67 Å². The number of halogens is 1. The second-order valence-corrected chi connectivity index (χ2v) is 5.84. The van der Waals surface area contributed by atoms with Crippen molar-refractivity contribution < 1.29 is 14.4 Å². The molecule has 5 nitrogen and oxygen atoms in total. The lowest BCUT2D eigenvalue weighted by Gasteiger charge is -2.11. The fraction of sp³-hybridized carbons (Fsp3) is 0.222. The summed E-state index contributed by atoms with van der Waals surface area (Å²) in [4.78, 5) is 4.45. The van der Waals surface area contributed by atoms with Crippen LogP contribution in [0.25, 0.3) is 22.4 Å². The van der Waals surface area contributed by atoms with Crippen LogP contribution in [0.1, 0.15) is 5.69 Å². The largest absolute Gasteiger partial charge is 0.485 e. The van der Waals surface area contributed by atoms with Crippen molar-refractivity contribution in [2.45, 2.75) is 6.54 Å². The van der Waals surface area contributed by atoms with E-state index in [0.29, 0.717) is 6.61 Å². The van der Waals surface area contributed by atoms with Gasteiger partial charge in [0.1, 0.15) is 36.9 Å². The van der Waals surface area contributed by atoms with Crippen LogP contribution in [0.2, 0.25) is 0 Å². The summed E-state index contributed by atoms with van der Waals surface area (Å²) < 4.78 is 21.0. The van der Waals surface area contributed by atoms with E-state index in [0.717, 1.165) is 46.9 Å². The number of pyridine rings is 1. The number of rotatable bonds is 2. The molecule has 24 heavy (non-hydrogen) atoms. The first kappa shape index (κ1) is 14.8. The minimum Gasteiger partial charge on any atom is -0.485 e. The third-order valence-electron chi connectivity index (χ3n) is 4.12. The maximum Gasteiger partial charge on any atom is 0.154 e. The standard InChI is InChI=1S/C18H17FN4O/c1-23-11-15(17(22-23)12-2-4-13(19)5-3-12)14-6-7-21-16-10-20-8-9-24-18(14)16/h2-7,11,20H,8-10H2,1H3/p+1. The van der Waals surface area contributed by atoms with Crippen molar-refractivity contribution >= 4 is 0 Å². The van der Waals surface area contributed by atoms with Crippen LogP contribution in [-0.2, 0) is 13.6 Å². The maximum atomic E-state index is 13.2. The van der Waals surface area contributed by atoms with Crippen LogP contribution in [0, 0.1) is 5.82 Å². The molecule has 0 bridgehead atoms. The number of nitrogens with two attached hydrogens (primary N) is 1. The molecule has 0 aliphatic carbocycles. The van der Waals surface area contributed by atoms with Gasteiger partial charge in [-0.15, -0.1) is 0 Å². The van der Waals surface area contributed by atoms with E-state index >= 15 is 0 Å². The molecule has 4 rings (SSSR count). The molecule has 0 radical (unpaired) electrons. The van der Waals surface area contributed by atoms with Gasteiger partial charge < -0.3 is 10.1 Å². The van der Waals surface area contributed by atoms with Crippen LogP contribution in [0.4, 0.5) is 4.39 Å². The molecule has 0 amide bonds. The number of aromatic nitrogens is 3. The molecule has 3 aromatic rings. The molecule has 2 N–H and O–H groups in total. The van der Waals surface area contributed by atoms with Crippen LogP contribution in [0.5, 0.6) is 5.75 Å². The highest BCUT2D eigenvalue weighted by Gasteiger charge is 2.21. The van der Waals surface area contributed by atoms with Gasteiger partial charge in [0.2, 0.25) is 0 Å². The first-order chi connectivity index (χ1) is 11.7. The van der Waals surface area contributed by atoms with Gasteiger partial charge in [0.15, 0.2) is 5.75 Å². The molecule has 1 aliphatic rings. The molecular formula is C18H18FN4O+. The molecule has 2 aromatic heterocycles. The van der Waals surface area contributed by atoms with Crippen molar-refractivity contribution in [3.8, 4) is 28.1 Å². The highest BCUT2D eigenvalue weighted by Crippen LogP contribution is 2.37. The summed E-state index contributed by atoms with van der Waals surface area (Å²) in [6.07, 6.45) is 3.77. The molecule has 0 fully saturated rings. The molecule has 0 spiro atoms. The minimum absolute atomic E-state index is 0.257. The summed E-state index contributed by atoms with van der Waals surface area (Å²) in [5.41, 5.74) is 4.56. The van der Waals surface area contributed by atoms with Crippen LogP contribution in [-0.4, -0.2) is 27.9 Å². The second-order valence-electron chi connectivity index (χ2n) is 5.84. The first-order valence-electron chi connectivity index (χ1n) is 7.94. The zero-order chi connectivity index (χ0) is 16.5. The van der Waals surface area contributed by atoms with E-state index in [4.69, 9.17) is 4.74 Å². The Kier molecular flexibility index (Phi) is 3.74. The van der Waals surface area contributed by atoms with Gasteiger partial charge >= 0.3 is 0 Å². The summed E-state index contributed by atoms with van der Waals surface area (Å²) in [5.74, 6) is 0.565. The molecule has 0 saturated carbocycles. The van der Waals surface area contributed by atoms with Gasteiger partial charge in [-0.2, -0.15) is 5.10 Å². The zero-order valence-electron chi connectivity index (χ0n) is 13.4. The van der Waals surface area contributed by atoms with Crippen LogP contribution in [0.3, 0.4) is 0 Å². The van der Waals surface area contributed by atoms with Crippen molar-refractivity contribution in [1.29, 1.82) is 0 Å². The number of benzene rings is 1. The Morgan fingerprint density at radius 2 is 2.00 bits per heavy atom. The van der Waals surface area contributed by atoms with Crippen LogP contribution >= 0.6 is 0 Å². The minimum atomic E-state index is -0.257. The first-order valence-corrected chi connectivity index (χ1v) is 7.94. The summed E-state index contributed by atoms with van der Waals surface area (Å²) in [6, 6.07) is 8.35. The van der Waals surface area contributed by atoms with Gasteiger partial charge in [-0.25, -0.2) is 4.39 Å². The lowest BCUT2D eigenvalue weighted by atomic mass is 10.0. The van der Waals surface area contributed by atoms with E-state index in [1.807, 2.05) is 19.3 Å². The second kappa shape index (κ2) is 6.05. The Morgan fingerprint density at radius 1 is 1.17 bits per heavy atom. The zero-order valence-corrected chi connectivity index (χ0v) is 13.4. The third-order valence-corrected chi connectivity index (χ3v) is 4.12. The molecule has 3 heterocycles. The highest BCUT2D eigenvalue weighted by molar-refractivity contribution is 5.83. The SMILES string of the molecule is Cn1cc(-c2ccnc3c2OCC[NH2+]C3)c(-c2ccc(F)cc2)n1. The fourth-order valence-electron chi connectivity index (χ4n) is 3.00. The molecular weight excluding hydrogens is 307 g/mol. The molecule has 6 heteroatoms. The smallest absolute Gasteiger partial charge is 0.154 e. The number of aryl methyl sites for hydroxylation is 1. The number of quaternary nitrogens is 1. The third kappa shape index (κ3) is 2.65. The van der Waals surface area contributed by atoms with E-state index in [2.05, 4.69) is 15.4 Å². The van der Waals surface area contributed by atoms with Gasteiger partial charge in [-0.1, -0.05) is 0 Å². The summed E-state index contributed by atoms with van der Waals surface area (Å²) in [6.45, 7) is 2.36. The van der Waals surface area contributed by atoms with Gasteiger partial charge in [-0.05, 0) is 30.3 Å². The molecule has 0 saturated heterocycles. The van der Waals surface area contributed by atoms with E-state index in [9.17, 15) is 4.39 Å². The predicted molar refractivity (Wildman–Crippen MR) is 87.8 cm³/mol. The monoisotopic (exact) mass is 325 g/mol. The lowest BCUT2D eigenvalue weighted by molar-refractivity contribution is -0.669. The van der Waals surface area contributed by atoms with Crippen LogP contribution in [0.15, 0.2) is 42.7 Å². The van der Waals surface area contributed by atoms with E-state index in [1.165, 1.54) is 12.1 Å². The number of ether oxygens (including phenoxy) is 1. The molecule has 122 valence electrons. The fourth-order valence-corrected chi connectivity index (χ4v) is 3.00. The molecule has 1 aliphatic heterocycles. The Hall–Kier alpha value is -2.73. The Labute approximate surface area is 139 Å². The topological polar surface area (TPSA) is 56.5 Å². The number of fused-ring (bicyclic) bond motifs is 1. The number of hydrogen-bond acceptors (Lipinski definition) is 3. The summed E-state index contributed by atoms with van der Waals surface area (Å²) in [7, 11) is 1.88. The molecule has 0 unspecified atom stereocenters. The van der Waals surface area contributed by atoms with Crippen molar-refractivity contribution in [2.24, 2.45) is 7.05 Å². The van der Waals surface area contributed by atoms with E-state index in [1.54, 1.807) is 23.0 Å². The lowest BCUT2D eigenvalue weighted by Crippen LogP contribution is -2.83. The maximum absolute atomic E-state index is 13.2. The van der Waals surface area contributed by atoms with Crippen LogP contribution < -0.4 is 10.1 Å². The average molecular weight is 325 g/mol. The number of hydrogen-bond donors (Lipinski definition) is 1. The molecule has 1 aromatic carbocycles. The van der Waals surface area contributed by atoms with Gasteiger partial charge in [0.25, 0.3) is 0 Å². The quantitative estimate of drug-likeness (QED) is 0.781. The summed E-state index contributed by atoms with van der Waals surface area (Å²) in [5, 5.41) is 6.76.